The van der Waals surface area contributed by atoms with E-state index in [0.717, 1.165) is 11.4 Å². The first-order chi connectivity index (χ1) is 11.9. The first-order valence-electron chi connectivity index (χ1n) is 8.35. The highest BCUT2D eigenvalue weighted by molar-refractivity contribution is 7.88. The van der Waals surface area contributed by atoms with Crippen molar-refractivity contribution in [2.24, 2.45) is 0 Å². The number of carbonyl (C=O) groups excluding carboxylic acids is 1. The number of rotatable bonds is 2. The summed E-state index contributed by atoms with van der Waals surface area (Å²) in [6.45, 7) is 1.44. The largest absolute Gasteiger partial charge is 0.357 e. The standard InChI is InChI=1S/C16H21N5O3S/c1-25(23,24)21-8-4-12-14(19-11-18-12)16(21)5-9-20(10-6-16)15(22)13-3-2-7-17-13/h2-3,7,11,17H,4-6,8-10H2,1H3,(H,18,19). The molecule has 1 amide bonds. The van der Waals surface area contributed by atoms with Crippen LogP contribution in [0.5, 0.6) is 0 Å². The molecular weight excluding hydrogens is 342 g/mol. The Balaban J connectivity index is 1.64. The minimum absolute atomic E-state index is 0.0520. The summed E-state index contributed by atoms with van der Waals surface area (Å²) in [7, 11) is -3.37. The van der Waals surface area contributed by atoms with E-state index in [9.17, 15) is 13.2 Å². The van der Waals surface area contributed by atoms with Crippen molar-refractivity contribution >= 4 is 15.9 Å². The number of amides is 1. The van der Waals surface area contributed by atoms with Crippen LogP contribution < -0.4 is 0 Å². The van der Waals surface area contributed by atoms with Crippen molar-refractivity contribution in [3.05, 3.63) is 41.7 Å². The number of hydrogen-bond donors (Lipinski definition) is 2. The van der Waals surface area contributed by atoms with Crippen LogP contribution >= 0.6 is 0 Å². The maximum Gasteiger partial charge on any atom is 0.270 e. The average Bonchev–Trinajstić information content (AvgIpc) is 3.26. The Hall–Kier alpha value is -2.13. The SMILES string of the molecule is CS(=O)(=O)N1CCc2[nH]cnc2C12CCN(C(=O)c1ccc[nH]1)CC2. The van der Waals surface area contributed by atoms with E-state index in [-0.39, 0.29) is 5.91 Å². The molecule has 2 aromatic rings. The monoisotopic (exact) mass is 363 g/mol. The lowest BCUT2D eigenvalue weighted by Gasteiger charge is -2.49. The molecule has 0 aromatic carbocycles. The van der Waals surface area contributed by atoms with Gasteiger partial charge in [0.2, 0.25) is 10.0 Å². The summed E-state index contributed by atoms with van der Waals surface area (Å²) in [4.78, 5) is 24.8. The number of hydrogen-bond acceptors (Lipinski definition) is 4. The van der Waals surface area contributed by atoms with Gasteiger partial charge in [-0.1, -0.05) is 0 Å². The Kier molecular flexibility index (Phi) is 3.73. The second-order valence-electron chi connectivity index (χ2n) is 6.72. The molecule has 4 rings (SSSR count). The van der Waals surface area contributed by atoms with Crippen LogP contribution in [-0.4, -0.2) is 64.4 Å². The Morgan fingerprint density at radius 2 is 2.00 bits per heavy atom. The zero-order valence-corrected chi connectivity index (χ0v) is 14.8. The highest BCUT2D eigenvalue weighted by atomic mass is 32.2. The van der Waals surface area contributed by atoms with Crippen LogP contribution in [0.15, 0.2) is 24.7 Å². The molecule has 0 bridgehead atoms. The molecule has 0 saturated carbocycles. The van der Waals surface area contributed by atoms with Crippen LogP contribution in [0.1, 0.15) is 34.7 Å². The van der Waals surface area contributed by atoms with Gasteiger partial charge < -0.3 is 14.9 Å². The predicted octanol–water partition coefficient (Wildman–Crippen LogP) is 0.687. The fraction of sp³-hybridized carbons (Fsp3) is 0.500. The van der Waals surface area contributed by atoms with Crippen molar-refractivity contribution in [2.75, 3.05) is 25.9 Å². The Morgan fingerprint density at radius 3 is 2.64 bits per heavy atom. The molecule has 25 heavy (non-hydrogen) atoms. The molecule has 1 fully saturated rings. The van der Waals surface area contributed by atoms with E-state index in [0.29, 0.717) is 44.6 Å². The number of nitrogens with one attached hydrogen (secondary N) is 2. The molecule has 0 unspecified atom stereocenters. The van der Waals surface area contributed by atoms with E-state index in [1.54, 1.807) is 33.9 Å². The minimum atomic E-state index is -3.37. The maximum absolute atomic E-state index is 12.5. The van der Waals surface area contributed by atoms with Gasteiger partial charge in [-0.2, -0.15) is 4.31 Å². The van der Waals surface area contributed by atoms with Crippen molar-refractivity contribution in [2.45, 2.75) is 24.8 Å². The number of likely N-dealkylation sites (tertiary alicyclic amines) is 1. The van der Waals surface area contributed by atoms with Crippen LogP contribution in [-0.2, 0) is 22.0 Å². The van der Waals surface area contributed by atoms with E-state index in [1.807, 2.05) is 0 Å². The van der Waals surface area contributed by atoms with Gasteiger partial charge in [0.05, 0.1) is 23.8 Å². The second-order valence-corrected chi connectivity index (χ2v) is 8.63. The third kappa shape index (κ3) is 2.58. The van der Waals surface area contributed by atoms with E-state index in [1.165, 1.54) is 6.26 Å². The molecule has 0 aliphatic carbocycles. The summed E-state index contributed by atoms with van der Waals surface area (Å²) in [5, 5.41) is 0. The van der Waals surface area contributed by atoms with E-state index in [4.69, 9.17) is 0 Å². The number of fused-ring (bicyclic) bond motifs is 2. The normalized spacial score (nSPS) is 20.6. The maximum atomic E-state index is 12.5. The summed E-state index contributed by atoms with van der Waals surface area (Å²) in [6, 6.07) is 3.54. The number of aromatic nitrogens is 3. The van der Waals surface area contributed by atoms with E-state index in [2.05, 4.69) is 15.0 Å². The highest BCUT2D eigenvalue weighted by Crippen LogP contribution is 2.43. The molecule has 0 atom stereocenters. The fourth-order valence-electron chi connectivity index (χ4n) is 4.14. The first-order valence-corrected chi connectivity index (χ1v) is 10.2. The topological polar surface area (TPSA) is 102 Å². The molecule has 8 nitrogen and oxygen atoms in total. The third-order valence-electron chi connectivity index (χ3n) is 5.31. The van der Waals surface area contributed by atoms with Gasteiger partial charge in [-0.3, -0.25) is 4.79 Å². The second kappa shape index (κ2) is 5.70. The smallest absolute Gasteiger partial charge is 0.270 e. The fourth-order valence-corrected chi connectivity index (χ4v) is 5.47. The van der Waals surface area contributed by atoms with Crippen molar-refractivity contribution in [3.63, 3.8) is 0 Å². The zero-order chi connectivity index (χ0) is 17.7. The predicted molar refractivity (Wildman–Crippen MR) is 91.4 cm³/mol. The Labute approximate surface area is 146 Å². The molecule has 2 N–H and O–H groups in total. The number of imidazole rings is 1. The van der Waals surface area contributed by atoms with Crippen molar-refractivity contribution in [3.8, 4) is 0 Å². The average molecular weight is 363 g/mol. The molecule has 134 valence electrons. The number of H-pyrrole nitrogens is 2. The summed E-state index contributed by atoms with van der Waals surface area (Å²) in [5.74, 6) is -0.0520. The molecule has 4 heterocycles. The zero-order valence-electron chi connectivity index (χ0n) is 14.0. The van der Waals surface area contributed by atoms with Crippen molar-refractivity contribution in [1.29, 1.82) is 0 Å². The van der Waals surface area contributed by atoms with Gasteiger partial charge in [0.1, 0.15) is 5.69 Å². The highest BCUT2D eigenvalue weighted by Gasteiger charge is 2.50. The molecule has 9 heteroatoms. The van der Waals surface area contributed by atoms with E-state index < -0.39 is 15.6 Å². The van der Waals surface area contributed by atoms with Gasteiger partial charge in [0.15, 0.2) is 0 Å². The van der Waals surface area contributed by atoms with Gasteiger partial charge >= 0.3 is 0 Å². The molecular formula is C16H21N5O3S. The first kappa shape index (κ1) is 16.3. The number of nitrogens with zero attached hydrogens (tertiary/aromatic N) is 3. The van der Waals surface area contributed by atoms with Gasteiger partial charge in [-0.05, 0) is 25.0 Å². The van der Waals surface area contributed by atoms with Crippen LogP contribution in [0.2, 0.25) is 0 Å². The van der Waals surface area contributed by atoms with Gasteiger partial charge in [0, 0.05) is 37.9 Å². The van der Waals surface area contributed by atoms with Gasteiger partial charge in [-0.25, -0.2) is 13.4 Å². The third-order valence-corrected chi connectivity index (χ3v) is 6.64. The molecule has 0 radical (unpaired) electrons. The molecule has 1 saturated heterocycles. The van der Waals surface area contributed by atoms with E-state index >= 15 is 0 Å². The lowest BCUT2D eigenvalue weighted by Crippen LogP contribution is -2.58. The molecule has 2 aliphatic rings. The minimum Gasteiger partial charge on any atom is -0.357 e. The molecule has 1 spiro atoms. The van der Waals surface area contributed by atoms with Gasteiger partial charge in [-0.15, -0.1) is 0 Å². The van der Waals surface area contributed by atoms with Crippen LogP contribution in [0.3, 0.4) is 0 Å². The number of sulfonamides is 1. The Morgan fingerprint density at radius 1 is 1.24 bits per heavy atom. The number of piperidine rings is 1. The van der Waals surface area contributed by atoms with Crippen LogP contribution in [0.4, 0.5) is 0 Å². The van der Waals surface area contributed by atoms with Crippen LogP contribution in [0, 0.1) is 0 Å². The number of aromatic amines is 2. The summed E-state index contributed by atoms with van der Waals surface area (Å²) >= 11 is 0. The summed E-state index contributed by atoms with van der Waals surface area (Å²) in [6.07, 6.45) is 6.34. The molecule has 2 aliphatic heterocycles. The van der Waals surface area contributed by atoms with Crippen LogP contribution in [0.25, 0.3) is 0 Å². The number of carbonyl (C=O) groups is 1. The lowest BCUT2D eigenvalue weighted by atomic mass is 9.80. The summed E-state index contributed by atoms with van der Waals surface area (Å²) in [5.41, 5.74) is 1.72. The summed E-state index contributed by atoms with van der Waals surface area (Å²) < 4.78 is 26.4. The van der Waals surface area contributed by atoms with Crippen molar-refractivity contribution in [1.82, 2.24) is 24.2 Å². The van der Waals surface area contributed by atoms with Gasteiger partial charge in [0.25, 0.3) is 5.91 Å². The quantitative estimate of drug-likeness (QED) is 0.819. The Bertz CT molecular complexity index is 879. The van der Waals surface area contributed by atoms with Crippen molar-refractivity contribution < 1.29 is 13.2 Å². The molecule has 2 aromatic heterocycles. The lowest BCUT2D eigenvalue weighted by molar-refractivity contribution is 0.0459.